The average Bonchev–Trinajstić information content (AvgIpc) is 2.72. The molecule has 2 aliphatic carbocycles. The van der Waals surface area contributed by atoms with Gasteiger partial charge in [-0.1, -0.05) is 33.1 Å². The Morgan fingerprint density at radius 2 is 1.62 bits per heavy atom. The number of hydrogen-bond donors (Lipinski definition) is 1. The van der Waals surface area contributed by atoms with Gasteiger partial charge in [0.05, 0.1) is 0 Å². The van der Waals surface area contributed by atoms with E-state index in [2.05, 4.69) is 37.2 Å². The van der Waals surface area contributed by atoms with E-state index in [0.29, 0.717) is 0 Å². The molecule has 2 heteroatoms. The molecule has 0 radical (unpaired) electrons. The second kappa shape index (κ2) is 5.77. The van der Waals surface area contributed by atoms with E-state index in [4.69, 9.17) is 0 Å². The van der Waals surface area contributed by atoms with Crippen LogP contribution < -0.4 is 5.32 Å². The van der Waals surface area contributed by atoms with E-state index in [9.17, 15) is 0 Å². The molecule has 0 aromatic carbocycles. The van der Waals surface area contributed by atoms with Gasteiger partial charge in [-0.15, -0.1) is 0 Å². The van der Waals surface area contributed by atoms with Crippen molar-refractivity contribution in [2.75, 3.05) is 6.26 Å². The summed E-state index contributed by atoms with van der Waals surface area (Å²) in [6.07, 6.45) is 10.8. The van der Waals surface area contributed by atoms with Crippen molar-refractivity contribution in [3.63, 3.8) is 0 Å². The molecule has 2 rings (SSSR count). The minimum absolute atomic E-state index is 0.793. The third kappa shape index (κ3) is 2.76. The van der Waals surface area contributed by atoms with Gasteiger partial charge < -0.3 is 5.32 Å². The van der Waals surface area contributed by atoms with E-state index in [-0.39, 0.29) is 0 Å². The summed E-state index contributed by atoms with van der Waals surface area (Å²) in [5.74, 6) is 1.79. The lowest BCUT2D eigenvalue weighted by molar-refractivity contribution is 0.194. The number of thioether (sulfide) groups is 1. The van der Waals surface area contributed by atoms with Crippen LogP contribution in [0.3, 0.4) is 0 Å². The van der Waals surface area contributed by atoms with Gasteiger partial charge in [-0.3, -0.25) is 0 Å². The van der Waals surface area contributed by atoms with E-state index in [0.717, 1.165) is 29.2 Å². The Kier molecular flexibility index (Phi) is 4.60. The Labute approximate surface area is 105 Å². The molecule has 5 unspecified atom stereocenters. The lowest BCUT2D eigenvalue weighted by Gasteiger charge is -2.37. The maximum absolute atomic E-state index is 3.98. The smallest absolute Gasteiger partial charge is 0.0198 e. The Hall–Kier alpha value is 0.310. The van der Waals surface area contributed by atoms with E-state index in [1.165, 1.54) is 38.5 Å². The molecule has 16 heavy (non-hydrogen) atoms. The molecule has 5 atom stereocenters. The molecule has 0 spiro atoms. The van der Waals surface area contributed by atoms with Crippen molar-refractivity contribution in [2.24, 2.45) is 11.8 Å². The van der Waals surface area contributed by atoms with Gasteiger partial charge in [-0.25, -0.2) is 0 Å². The fourth-order valence-corrected chi connectivity index (χ4v) is 4.44. The summed E-state index contributed by atoms with van der Waals surface area (Å²) < 4.78 is 0. The molecular weight excluding hydrogens is 214 g/mol. The standard InChI is InChI=1S/C14H27NS/c1-10-6-4-7-12(11(10)2)15-13-8-5-9-14(13)16-3/h10-15H,4-9H2,1-3H3. The van der Waals surface area contributed by atoms with Crippen LogP contribution in [0.5, 0.6) is 0 Å². The first-order valence-electron chi connectivity index (χ1n) is 7.01. The Balaban J connectivity index is 1.88. The normalized spacial score (nSPS) is 44.8. The first kappa shape index (κ1) is 12.8. The predicted octanol–water partition coefficient (Wildman–Crippen LogP) is 3.68. The van der Waals surface area contributed by atoms with Crippen molar-refractivity contribution in [1.82, 2.24) is 5.32 Å². The summed E-state index contributed by atoms with van der Waals surface area (Å²) in [5, 5.41) is 4.86. The van der Waals surface area contributed by atoms with Gasteiger partial charge in [0.2, 0.25) is 0 Å². The van der Waals surface area contributed by atoms with Crippen molar-refractivity contribution >= 4 is 11.8 Å². The molecule has 0 bridgehead atoms. The second-order valence-electron chi connectivity index (χ2n) is 5.85. The van der Waals surface area contributed by atoms with Crippen LogP contribution in [0.1, 0.15) is 52.4 Å². The molecule has 0 amide bonds. The van der Waals surface area contributed by atoms with Crippen LogP contribution in [0.2, 0.25) is 0 Å². The van der Waals surface area contributed by atoms with E-state index >= 15 is 0 Å². The summed E-state index contributed by atoms with van der Waals surface area (Å²) >= 11 is 2.07. The zero-order chi connectivity index (χ0) is 11.5. The zero-order valence-corrected chi connectivity index (χ0v) is 11.9. The van der Waals surface area contributed by atoms with Crippen molar-refractivity contribution in [2.45, 2.75) is 69.7 Å². The first-order valence-corrected chi connectivity index (χ1v) is 8.30. The summed E-state index contributed by atoms with van der Waals surface area (Å²) in [6, 6.07) is 1.59. The van der Waals surface area contributed by atoms with Gasteiger partial charge in [0.15, 0.2) is 0 Å². The van der Waals surface area contributed by atoms with Gasteiger partial charge in [-0.05, 0) is 37.4 Å². The number of rotatable bonds is 3. The predicted molar refractivity (Wildman–Crippen MR) is 74.0 cm³/mol. The van der Waals surface area contributed by atoms with E-state index in [1.54, 1.807) is 0 Å². The zero-order valence-electron chi connectivity index (χ0n) is 11.0. The second-order valence-corrected chi connectivity index (χ2v) is 6.93. The van der Waals surface area contributed by atoms with E-state index in [1.807, 2.05) is 0 Å². The molecule has 1 nitrogen and oxygen atoms in total. The molecule has 0 saturated heterocycles. The van der Waals surface area contributed by atoms with Crippen molar-refractivity contribution in [1.29, 1.82) is 0 Å². The molecule has 1 N–H and O–H groups in total. The van der Waals surface area contributed by atoms with Crippen LogP contribution in [-0.2, 0) is 0 Å². The number of hydrogen-bond acceptors (Lipinski definition) is 2. The molecule has 0 aliphatic heterocycles. The molecule has 2 saturated carbocycles. The first-order chi connectivity index (χ1) is 7.72. The van der Waals surface area contributed by atoms with Gasteiger partial charge >= 0.3 is 0 Å². The van der Waals surface area contributed by atoms with Gasteiger partial charge in [-0.2, -0.15) is 11.8 Å². The summed E-state index contributed by atoms with van der Waals surface area (Å²) in [6.45, 7) is 4.88. The third-order valence-electron chi connectivity index (χ3n) is 4.89. The van der Waals surface area contributed by atoms with Crippen LogP contribution in [0.25, 0.3) is 0 Å². The van der Waals surface area contributed by atoms with Crippen LogP contribution in [0.4, 0.5) is 0 Å². The quantitative estimate of drug-likeness (QED) is 0.809. The summed E-state index contributed by atoms with van der Waals surface area (Å²) in [5.41, 5.74) is 0. The highest BCUT2D eigenvalue weighted by molar-refractivity contribution is 7.99. The SMILES string of the molecule is CSC1CCCC1NC1CCCC(C)C1C. The van der Waals surface area contributed by atoms with Gasteiger partial charge in [0.1, 0.15) is 0 Å². The van der Waals surface area contributed by atoms with Crippen molar-refractivity contribution in [3.05, 3.63) is 0 Å². The summed E-state index contributed by atoms with van der Waals surface area (Å²) in [4.78, 5) is 0. The maximum atomic E-state index is 3.98. The minimum Gasteiger partial charge on any atom is -0.310 e. The van der Waals surface area contributed by atoms with Crippen molar-refractivity contribution < 1.29 is 0 Å². The lowest BCUT2D eigenvalue weighted by atomic mass is 9.78. The largest absolute Gasteiger partial charge is 0.310 e. The highest BCUT2D eigenvalue weighted by atomic mass is 32.2. The minimum atomic E-state index is 0.793. The molecule has 0 heterocycles. The lowest BCUT2D eigenvalue weighted by Crippen LogP contribution is -2.47. The topological polar surface area (TPSA) is 12.0 Å². The van der Waals surface area contributed by atoms with Crippen LogP contribution >= 0.6 is 11.8 Å². The fourth-order valence-electron chi connectivity index (χ4n) is 3.49. The molecule has 0 aromatic heterocycles. The Morgan fingerprint density at radius 1 is 0.938 bits per heavy atom. The van der Waals surface area contributed by atoms with E-state index < -0.39 is 0 Å². The molecule has 94 valence electrons. The maximum Gasteiger partial charge on any atom is 0.0198 e. The monoisotopic (exact) mass is 241 g/mol. The van der Waals surface area contributed by atoms with Crippen LogP contribution in [0.15, 0.2) is 0 Å². The highest BCUT2D eigenvalue weighted by Gasteiger charge is 2.32. The molecular formula is C14H27NS. The number of nitrogens with one attached hydrogen (secondary N) is 1. The molecule has 2 fully saturated rings. The van der Waals surface area contributed by atoms with Gasteiger partial charge in [0, 0.05) is 17.3 Å². The van der Waals surface area contributed by atoms with Crippen molar-refractivity contribution in [3.8, 4) is 0 Å². The highest BCUT2D eigenvalue weighted by Crippen LogP contribution is 2.33. The molecule has 0 aromatic rings. The van der Waals surface area contributed by atoms with Crippen LogP contribution in [0, 0.1) is 11.8 Å². The fraction of sp³-hybridized carbons (Fsp3) is 1.00. The van der Waals surface area contributed by atoms with Gasteiger partial charge in [0.25, 0.3) is 0 Å². The molecule has 2 aliphatic rings. The Bertz CT molecular complexity index is 219. The summed E-state index contributed by atoms with van der Waals surface area (Å²) in [7, 11) is 0. The Morgan fingerprint density at radius 3 is 2.38 bits per heavy atom. The average molecular weight is 241 g/mol. The van der Waals surface area contributed by atoms with Crippen LogP contribution in [-0.4, -0.2) is 23.6 Å². The third-order valence-corrected chi connectivity index (χ3v) is 6.06.